The summed E-state index contributed by atoms with van der Waals surface area (Å²) in [6.07, 6.45) is 2.73. The van der Waals surface area contributed by atoms with E-state index < -0.39 is 0 Å². The Bertz CT molecular complexity index is 502. The number of hydrogen-bond acceptors (Lipinski definition) is 3. The number of para-hydroxylation sites is 1. The Hall–Kier alpha value is -1.75. The van der Waals surface area contributed by atoms with Gasteiger partial charge in [-0.3, -0.25) is 0 Å². The SMILES string of the molecule is CC1CCCN(CCNC(=O)N2CC(Oc3ccccc3)C2)C1. The minimum Gasteiger partial charge on any atom is -0.487 e. The van der Waals surface area contributed by atoms with Crippen LogP contribution >= 0.6 is 0 Å². The molecule has 2 aliphatic rings. The number of piperidine rings is 1. The summed E-state index contributed by atoms with van der Waals surface area (Å²) in [6.45, 7) is 7.64. The van der Waals surface area contributed by atoms with Crippen molar-refractivity contribution in [2.75, 3.05) is 39.3 Å². The molecule has 0 spiro atoms. The fourth-order valence-electron chi connectivity index (χ4n) is 3.29. The number of urea groups is 1. The van der Waals surface area contributed by atoms with Crippen molar-refractivity contribution in [3.8, 4) is 5.75 Å². The van der Waals surface area contributed by atoms with Crippen LogP contribution in [0.15, 0.2) is 30.3 Å². The Morgan fingerprint density at radius 3 is 2.78 bits per heavy atom. The largest absolute Gasteiger partial charge is 0.487 e. The maximum Gasteiger partial charge on any atom is 0.317 e. The molecule has 2 amide bonds. The number of ether oxygens (including phenoxy) is 1. The minimum absolute atomic E-state index is 0.0305. The zero-order chi connectivity index (χ0) is 16.1. The van der Waals surface area contributed by atoms with Crippen LogP contribution in [0.3, 0.4) is 0 Å². The van der Waals surface area contributed by atoms with Gasteiger partial charge in [-0.25, -0.2) is 4.79 Å². The van der Waals surface area contributed by atoms with Crippen molar-refractivity contribution in [3.05, 3.63) is 30.3 Å². The fraction of sp³-hybridized carbons (Fsp3) is 0.611. The molecule has 0 aromatic heterocycles. The lowest BCUT2D eigenvalue weighted by Crippen LogP contribution is -2.59. The summed E-state index contributed by atoms with van der Waals surface area (Å²) >= 11 is 0. The van der Waals surface area contributed by atoms with Gasteiger partial charge in [0.15, 0.2) is 0 Å². The van der Waals surface area contributed by atoms with Gasteiger partial charge in [0, 0.05) is 19.6 Å². The molecule has 0 radical (unpaired) electrons. The molecule has 2 fully saturated rings. The second-order valence-corrected chi connectivity index (χ2v) is 6.74. The topological polar surface area (TPSA) is 44.8 Å². The third-order valence-corrected chi connectivity index (χ3v) is 4.63. The van der Waals surface area contributed by atoms with Gasteiger partial charge in [-0.1, -0.05) is 25.1 Å². The number of benzene rings is 1. The van der Waals surface area contributed by atoms with E-state index in [0.29, 0.717) is 13.1 Å². The van der Waals surface area contributed by atoms with Crippen LogP contribution in [0.5, 0.6) is 5.75 Å². The summed E-state index contributed by atoms with van der Waals surface area (Å²) in [5.41, 5.74) is 0. The van der Waals surface area contributed by atoms with Gasteiger partial charge in [0.25, 0.3) is 0 Å². The van der Waals surface area contributed by atoms with E-state index in [1.54, 1.807) is 0 Å². The van der Waals surface area contributed by atoms with Crippen LogP contribution in [0.1, 0.15) is 19.8 Å². The molecule has 0 bridgehead atoms. The van der Waals surface area contributed by atoms with Crippen molar-refractivity contribution in [1.82, 2.24) is 15.1 Å². The van der Waals surface area contributed by atoms with Crippen LogP contribution in [-0.2, 0) is 0 Å². The van der Waals surface area contributed by atoms with Crippen LogP contribution in [0.2, 0.25) is 0 Å². The lowest BCUT2D eigenvalue weighted by molar-refractivity contribution is 0.0441. The molecule has 0 aliphatic carbocycles. The van der Waals surface area contributed by atoms with Gasteiger partial charge in [-0.15, -0.1) is 0 Å². The average Bonchev–Trinajstić information content (AvgIpc) is 2.51. The third kappa shape index (κ3) is 4.61. The standard InChI is InChI=1S/C18H27N3O2/c1-15-6-5-10-20(12-15)11-9-19-18(22)21-13-17(14-21)23-16-7-3-2-4-8-16/h2-4,7-8,15,17H,5-6,9-14H2,1H3,(H,19,22). The highest BCUT2D eigenvalue weighted by molar-refractivity contribution is 5.75. The van der Waals surface area contributed by atoms with Gasteiger partial charge in [0.2, 0.25) is 0 Å². The Morgan fingerprint density at radius 2 is 2.04 bits per heavy atom. The maximum atomic E-state index is 12.1. The molecule has 1 unspecified atom stereocenters. The van der Waals surface area contributed by atoms with Crippen molar-refractivity contribution in [1.29, 1.82) is 0 Å². The molecule has 0 saturated carbocycles. The summed E-state index contributed by atoms with van der Waals surface area (Å²) in [4.78, 5) is 16.3. The molecule has 23 heavy (non-hydrogen) atoms. The van der Waals surface area contributed by atoms with Crippen molar-refractivity contribution in [2.45, 2.75) is 25.9 Å². The van der Waals surface area contributed by atoms with Crippen molar-refractivity contribution in [2.24, 2.45) is 5.92 Å². The zero-order valence-corrected chi connectivity index (χ0v) is 13.9. The predicted octanol–water partition coefficient (Wildman–Crippen LogP) is 2.19. The lowest BCUT2D eigenvalue weighted by atomic mass is 10.0. The van der Waals surface area contributed by atoms with E-state index in [2.05, 4.69) is 17.1 Å². The molecular weight excluding hydrogens is 290 g/mol. The lowest BCUT2D eigenvalue weighted by Gasteiger charge is -2.39. The zero-order valence-electron chi connectivity index (χ0n) is 13.9. The number of nitrogens with one attached hydrogen (secondary N) is 1. The van der Waals surface area contributed by atoms with Crippen LogP contribution in [0.4, 0.5) is 4.79 Å². The molecular formula is C18H27N3O2. The molecule has 1 aromatic carbocycles. The summed E-state index contributed by atoms with van der Waals surface area (Å²) in [5, 5.41) is 3.02. The highest BCUT2D eigenvalue weighted by Crippen LogP contribution is 2.17. The molecule has 5 nitrogen and oxygen atoms in total. The van der Waals surface area contributed by atoms with Gasteiger partial charge < -0.3 is 19.9 Å². The van der Waals surface area contributed by atoms with E-state index in [1.165, 1.54) is 12.8 Å². The first-order chi connectivity index (χ1) is 11.2. The first-order valence-electron chi connectivity index (χ1n) is 8.67. The van der Waals surface area contributed by atoms with Crippen molar-refractivity contribution >= 4 is 6.03 Å². The number of amides is 2. The summed E-state index contributed by atoms with van der Waals surface area (Å²) in [7, 11) is 0. The number of carbonyl (C=O) groups is 1. The molecule has 2 saturated heterocycles. The van der Waals surface area contributed by atoms with E-state index >= 15 is 0 Å². The van der Waals surface area contributed by atoms with E-state index in [-0.39, 0.29) is 12.1 Å². The quantitative estimate of drug-likeness (QED) is 0.905. The average molecular weight is 317 g/mol. The van der Waals surface area contributed by atoms with Crippen LogP contribution in [-0.4, -0.2) is 61.2 Å². The van der Waals surface area contributed by atoms with Crippen molar-refractivity contribution < 1.29 is 9.53 Å². The molecule has 2 heterocycles. The van der Waals surface area contributed by atoms with E-state index in [0.717, 1.165) is 37.8 Å². The Balaban J connectivity index is 1.30. The molecule has 2 aliphatic heterocycles. The Kier molecular flexibility index (Phi) is 5.39. The number of rotatable bonds is 5. The first kappa shape index (κ1) is 16.1. The van der Waals surface area contributed by atoms with Gasteiger partial charge in [0.1, 0.15) is 11.9 Å². The molecule has 1 atom stereocenters. The van der Waals surface area contributed by atoms with Gasteiger partial charge in [-0.05, 0) is 37.4 Å². The van der Waals surface area contributed by atoms with Crippen LogP contribution < -0.4 is 10.1 Å². The smallest absolute Gasteiger partial charge is 0.317 e. The second kappa shape index (κ2) is 7.68. The summed E-state index contributed by atoms with van der Waals surface area (Å²) in [6, 6.07) is 9.81. The van der Waals surface area contributed by atoms with Crippen LogP contribution in [0, 0.1) is 5.92 Å². The predicted molar refractivity (Wildman–Crippen MR) is 90.7 cm³/mol. The van der Waals surface area contributed by atoms with Crippen LogP contribution in [0.25, 0.3) is 0 Å². The normalized spacial score (nSPS) is 22.5. The monoisotopic (exact) mass is 317 g/mol. The van der Waals surface area contributed by atoms with Gasteiger partial charge in [0.05, 0.1) is 13.1 Å². The van der Waals surface area contributed by atoms with E-state index in [1.807, 2.05) is 35.2 Å². The molecule has 1 aromatic rings. The molecule has 1 N–H and O–H groups in total. The fourth-order valence-corrected chi connectivity index (χ4v) is 3.29. The maximum absolute atomic E-state index is 12.1. The number of nitrogens with zero attached hydrogens (tertiary/aromatic N) is 2. The third-order valence-electron chi connectivity index (χ3n) is 4.63. The molecule has 5 heteroatoms. The highest BCUT2D eigenvalue weighted by Gasteiger charge is 2.32. The van der Waals surface area contributed by atoms with Gasteiger partial charge in [-0.2, -0.15) is 0 Å². The minimum atomic E-state index is 0.0305. The Morgan fingerprint density at radius 1 is 1.26 bits per heavy atom. The number of likely N-dealkylation sites (tertiary alicyclic amines) is 2. The number of hydrogen-bond donors (Lipinski definition) is 1. The first-order valence-corrected chi connectivity index (χ1v) is 8.67. The molecule has 3 rings (SSSR count). The van der Waals surface area contributed by atoms with Crippen molar-refractivity contribution in [3.63, 3.8) is 0 Å². The van der Waals surface area contributed by atoms with E-state index in [4.69, 9.17) is 4.74 Å². The van der Waals surface area contributed by atoms with Gasteiger partial charge >= 0.3 is 6.03 Å². The number of carbonyl (C=O) groups excluding carboxylic acids is 1. The summed E-state index contributed by atoms with van der Waals surface area (Å²) < 4.78 is 5.81. The van der Waals surface area contributed by atoms with E-state index in [9.17, 15) is 4.79 Å². The highest BCUT2D eigenvalue weighted by atomic mass is 16.5. The summed E-state index contributed by atoms with van der Waals surface area (Å²) in [5.74, 6) is 1.66. The Labute approximate surface area is 138 Å². The molecule has 126 valence electrons. The second-order valence-electron chi connectivity index (χ2n) is 6.74.